The van der Waals surface area contributed by atoms with Gasteiger partial charge in [-0.25, -0.2) is 0 Å². The first-order chi connectivity index (χ1) is 6.25. The molecule has 0 spiro atoms. The molecular formula is C9H13N3O. The molecule has 1 rings (SSSR count). The fourth-order valence-electron chi connectivity index (χ4n) is 0.995. The number of carbonyl (C=O) groups excluding carboxylic acids is 1. The van der Waals surface area contributed by atoms with Gasteiger partial charge in [0.2, 0.25) is 5.91 Å². The van der Waals surface area contributed by atoms with Gasteiger partial charge in [-0.3, -0.25) is 9.78 Å². The van der Waals surface area contributed by atoms with Gasteiger partial charge in [-0.05, 0) is 18.6 Å². The molecule has 13 heavy (non-hydrogen) atoms. The minimum absolute atomic E-state index is 0.171. The fourth-order valence-corrected chi connectivity index (χ4v) is 0.995. The molecule has 4 heteroatoms. The molecular weight excluding hydrogens is 166 g/mol. The Labute approximate surface area is 77.2 Å². The summed E-state index contributed by atoms with van der Waals surface area (Å²) in [5.41, 5.74) is 6.40. The largest absolute Gasteiger partial charge is 0.355 e. The first kappa shape index (κ1) is 9.67. The van der Waals surface area contributed by atoms with Gasteiger partial charge in [0, 0.05) is 18.9 Å². The molecule has 4 nitrogen and oxygen atoms in total. The van der Waals surface area contributed by atoms with Crippen molar-refractivity contribution in [2.24, 2.45) is 5.73 Å². The molecule has 1 heterocycles. The lowest BCUT2D eigenvalue weighted by molar-refractivity contribution is -0.122. The van der Waals surface area contributed by atoms with E-state index in [1.54, 1.807) is 24.5 Å². The van der Waals surface area contributed by atoms with Crippen LogP contribution in [0, 0.1) is 0 Å². The number of amides is 1. The second-order valence-electron chi connectivity index (χ2n) is 2.66. The number of nitrogens with one attached hydrogen (secondary N) is 1. The van der Waals surface area contributed by atoms with Crippen LogP contribution in [0.5, 0.6) is 0 Å². The third-order valence-electron chi connectivity index (χ3n) is 1.68. The molecule has 1 amide bonds. The Morgan fingerprint density at radius 3 is 3.08 bits per heavy atom. The number of pyridine rings is 1. The van der Waals surface area contributed by atoms with Crippen LogP contribution in [0.15, 0.2) is 24.5 Å². The third-order valence-corrected chi connectivity index (χ3v) is 1.68. The van der Waals surface area contributed by atoms with Crippen LogP contribution in [-0.2, 0) is 4.79 Å². The van der Waals surface area contributed by atoms with Crippen molar-refractivity contribution in [3.63, 3.8) is 0 Å². The molecule has 0 aliphatic carbocycles. The molecule has 1 unspecified atom stereocenters. The van der Waals surface area contributed by atoms with E-state index in [-0.39, 0.29) is 5.91 Å². The van der Waals surface area contributed by atoms with Crippen LogP contribution in [0.4, 0.5) is 0 Å². The Hall–Kier alpha value is -1.42. The Bertz CT molecular complexity index is 273. The molecule has 0 aliphatic rings. The fraction of sp³-hybridized carbons (Fsp3) is 0.333. The van der Waals surface area contributed by atoms with Crippen LogP contribution in [0.25, 0.3) is 0 Å². The number of rotatable bonds is 3. The number of hydrogen-bond donors (Lipinski definition) is 2. The normalized spacial score (nSPS) is 12.2. The Morgan fingerprint density at radius 1 is 1.77 bits per heavy atom. The lowest BCUT2D eigenvalue weighted by Crippen LogP contribution is -2.33. The molecule has 1 aromatic rings. The molecule has 1 atom stereocenters. The highest BCUT2D eigenvalue weighted by Gasteiger charge is 2.13. The predicted molar refractivity (Wildman–Crippen MR) is 49.8 cm³/mol. The molecule has 70 valence electrons. The molecule has 0 bridgehead atoms. The van der Waals surface area contributed by atoms with Crippen molar-refractivity contribution in [2.45, 2.75) is 13.0 Å². The molecule has 0 aromatic carbocycles. The highest BCUT2D eigenvalue weighted by Crippen LogP contribution is 2.07. The molecule has 0 radical (unpaired) electrons. The maximum atomic E-state index is 11.3. The summed E-state index contributed by atoms with van der Waals surface area (Å²) < 4.78 is 0. The molecule has 0 saturated heterocycles. The van der Waals surface area contributed by atoms with E-state index in [1.165, 1.54) is 0 Å². The van der Waals surface area contributed by atoms with Gasteiger partial charge >= 0.3 is 0 Å². The van der Waals surface area contributed by atoms with E-state index < -0.39 is 6.04 Å². The van der Waals surface area contributed by atoms with E-state index >= 15 is 0 Å². The number of nitrogens with two attached hydrogens (primary N) is 1. The third kappa shape index (κ3) is 2.52. The van der Waals surface area contributed by atoms with E-state index in [9.17, 15) is 4.79 Å². The van der Waals surface area contributed by atoms with Crippen LogP contribution in [0.1, 0.15) is 18.5 Å². The van der Waals surface area contributed by atoms with Gasteiger partial charge in [-0.2, -0.15) is 0 Å². The smallest absolute Gasteiger partial charge is 0.241 e. The second kappa shape index (κ2) is 4.57. The van der Waals surface area contributed by atoms with Crippen molar-refractivity contribution in [3.05, 3.63) is 30.1 Å². The summed E-state index contributed by atoms with van der Waals surface area (Å²) >= 11 is 0. The van der Waals surface area contributed by atoms with Crippen molar-refractivity contribution in [2.75, 3.05) is 6.54 Å². The van der Waals surface area contributed by atoms with Crippen LogP contribution in [0.2, 0.25) is 0 Å². The minimum atomic E-state index is -0.617. The highest BCUT2D eigenvalue weighted by molar-refractivity contribution is 5.82. The zero-order valence-electron chi connectivity index (χ0n) is 7.53. The van der Waals surface area contributed by atoms with Crippen molar-refractivity contribution < 1.29 is 4.79 Å². The van der Waals surface area contributed by atoms with Crippen molar-refractivity contribution in [1.82, 2.24) is 10.3 Å². The average molecular weight is 179 g/mol. The first-order valence-corrected chi connectivity index (χ1v) is 4.19. The van der Waals surface area contributed by atoms with E-state index in [4.69, 9.17) is 5.73 Å². The number of nitrogens with zero attached hydrogens (tertiary/aromatic N) is 1. The van der Waals surface area contributed by atoms with Gasteiger partial charge in [0.15, 0.2) is 0 Å². The van der Waals surface area contributed by atoms with Crippen LogP contribution < -0.4 is 11.1 Å². The highest BCUT2D eigenvalue weighted by atomic mass is 16.2. The number of carbonyl (C=O) groups is 1. The maximum Gasteiger partial charge on any atom is 0.241 e. The summed E-state index contributed by atoms with van der Waals surface area (Å²) in [6.45, 7) is 2.45. The number of aromatic nitrogens is 1. The van der Waals surface area contributed by atoms with Gasteiger partial charge in [0.1, 0.15) is 6.04 Å². The molecule has 0 saturated carbocycles. The van der Waals surface area contributed by atoms with Gasteiger partial charge in [0.25, 0.3) is 0 Å². The van der Waals surface area contributed by atoms with Gasteiger partial charge < -0.3 is 11.1 Å². The van der Waals surface area contributed by atoms with Crippen LogP contribution in [0.3, 0.4) is 0 Å². The van der Waals surface area contributed by atoms with E-state index in [0.717, 1.165) is 5.56 Å². The topological polar surface area (TPSA) is 68.0 Å². The van der Waals surface area contributed by atoms with Crippen molar-refractivity contribution in [3.8, 4) is 0 Å². The zero-order chi connectivity index (χ0) is 9.68. The SMILES string of the molecule is CCNC(=O)C(N)c1cccnc1. The van der Waals surface area contributed by atoms with Crippen LogP contribution >= 0.6 is 0 Å². The molecule has 1 aromatic heterocycles. The van der Waals surface area contributed by atoms with E-state index in [2.05, 4.69) is 10.3 Å². The summed E-state index contributed by atoms with van der Waals surface area (Å²) in [4.78, 5) is 15.2. The van der Waals surface area contributed by atoms with Gasteiger partial charge in [-0.1, -0.05) is 6.07 Å². The minimum Gasteiger partial charge on any atom is -0.355 e. The van der Waals surface area contributed by atoms with Crippen molar-refractivity contribution >= 4 is 5.91 Å². The standard InChI is InChI=1S/C9H13N3O/c1-2-12-9(13)8(10)7-4-3-5-11-6-7/h3-6,8H,2,10H2,1H3,(H,12,13). The zero-order valence-corrected chi connectivity index (χ0v) is 7.53. The van der Waals surface area contributed by atoms with Crippen LogP contribution in [-0.4, -0.2) is 17.4 Å². The Morgan fingerprint density at radius 2 is 2.54 bits per heavy atom. The maximum absolute atomic E-state index is 11.3. The van der Waals surface area contributed by atoms with Gasteiger partial charge in [-0.15, -0.1) is 0 Å². The first-order valence-electron chi connectivity index (χ1n) is 4.19. The monoisotopic (exact) mass is 179 g/mol. The Kier molecular flexibility index (Phi) is 3.40. The summed E-state index contributed by atoms with van der Waals surface area (Å²) in [5.74, 6) is -0.171. The van der Waals surface area contributed by atoms with E-state index in [1.807, 2.05) is 6.92 Å². The number of likely N-dealkylation sites (N-methyl/N-ethyl adjacent to an activating group) is 1. The quantitative estimate of drug-likeness (QED) is 0.697. The summed E-state index contributed by atoms with van der Waals surface area (Å²) in [7, 11) is 0. The van der Waals surface area contributed by atoms with Gasteiger partial charge in [0.05, 0.1) is 0 Å². The summed E-state index contributed by atoms with van der Waals surface area (Å²) in [6.07, 6.45) is 3.24. The summed E-state index contributed by atoms with van der Waals surface area (Å²) in [5, 5.41) is 2.65. The lowest BCUT2D eigenvalue weighted by Gasteiger charge is -2.10. The molecule has 0 fully saturated rings. The Balaban J connectivity index is 2.68. The second-order valence-corrected chi connectivity index (χ2v) is 2.66. The molecule has 0 aliphatic heterocycles. The lowest BCUT2D eigenvalue weighted by atomic mass is 10.1. The van der Waals surface area contributed by atoms with Crippen molar-refractivity contribution in [1.29, 1.82) is 0 Å². The van der Waals surface area contributed by atoms with E-state index in [0.29, 0.717) is 6.54 Å². The number of hydrogen-bond acceptors (Lipinski definition) is 3. The molecule has 3 N–H and O–H groups in total. The predicted octanol–water partition coefficient (Wildman–Crippen LogP) is 0.217. The average Bonchev–Trinajstić information content (AvgIpc) is 2.18. The summed E-state index contributed by atoms with van der Waals surface area (Å²) in [6, 6.07) is 2.93.